The van der Waals surface area contributed by atoms with E-state index >= 15 is 0 Å². The van der Waals surface area contributed by atoms with Gasteiger partial charge < -0.3 is 15.6 Å². The predicted molar refractivity (Wildman–Crippen MR) is 59.2 cm³/mol. The number of imide groups is 1. The lowest BCUT2D eigenvalue weighted by Gasteiger charge is -2.24. The third-order valence-corrected chi connectivity index (χ3v) is 1.71. The number of hydrogen-bond acceptors (Lipinski definition) is 5. The maximum Gasteiger partial charge on any atom is 0.416 e. The zero-order chi connectivity index (χ0) is 13.8. The Balaban J connectivity index is 4.49. The van der Waals surface area contributed by atoms with Crippen molar-refractivity contribution in [2.24, 2.45) is 5.73 Å². The van der Waals surface area contributed by atoms with Crippen LogP contribution in [0.3, 0.4) is 0 Å². The Morgan fingerprint density at radius 3 is 2.18 bits per heavy atom. The number of amides is 2. The van der Waals surface area contributed by atoms with Gasteiger partial charge in [0.2, 0.25) is 5.91 Å². The monoisotopic (exact) mass is 246 g/mol. The molecule has 0 saturated heterocycles. The molecule has 0 fully saturated rings. The van der Waals surface area contributed by atoms with E-state index in [0.717, 1.165) is 0 Å². The van der Waals surface area contributed by atoms with Crippen LogP contribution in [-0.2, 0) is 14.3 Å². The molecule has 0 saturated carbocycles. The van der Waals surface area contributed by atoms with Gasteiger partial charge >= 0.3 is 12.1 Å². The summed E-state index contributed by atoms with van der Waals surface area (Å²) in [4.78, 5) is 34.1. The number of ether oxygens (including phenoxy) is 1. The van der Waals surface area contributed by atoms with Gasteiger partial charge in [-0.2, -0.15) is 0 Å². The van der Waals surface area contributed by atoms with E-state index in [9.17, 15) is 14.4 Å². The van der Waals surface area contributed by atoms with Crippen LogP contribution in [-0.4, -0.2) is 46.7 Å². The second-order valence-electron chi connectivity index (χ2n) is 4.58. The van der Waals surface area contributed by atoms with Crippen molar-refractivity contribution in [2.45, 2.75) is 38.8 Å². The lowest BCUT2D eigenvalue weighted by atomic mass is 10.2. The zero-order valence-corrected chi connectivity index (χ0v) is 10.4. The first-order valence-electron chi connectivity index (χ1n) is 5.02. The van der Waals surface area contributed by atoms with Crippen LogP contribution in [0.15, 0.2) is 0 Å². The van der Waals surface area contributed by atoms with Crippen LogP contribution in [0, 0.1) is 0 Å². The van der Waals surface area contributed by atoms with E-state index in [1.54, 1.807) is 20.8 Å². The van der Waals surface area contributed by atoms with Crippen LogP contribution in [0.1, 0.15) is 27.2 Å². The lowest BCUT2D eigenvalue weighted by molar-refractivity contribution is -0.141. The molecule has 0 aromatic carbocycles. The third kappa shape index (κ3) is 5.86. The van der Waals surface area contributed by atoms with Crippen molar-refractivity contribution in [2.75, 3.05) is 7.05 Å². The SMILES string of the molecule is CN(C(=O)OC(C)(C)C)C(=O)[C@@H](N)CC(=O)O. The highest BCUT2D eigenvalue weighted by molar-refractivity contribution is 5.96. The fraction of sp³-hybridized carbons (Fsp3) is 0.700. The normalized spacial score (nSPS) is 12.8. The molecule has 0 bridgehead atoms. The van der Waals surface area contributed by atoms with E-state index in [1.165, 1.54) is 7.05 Å². The Hall–Kier alpha value is -1.63. The van der Waals surface area contributed by atoms with Crippen molar-refractivity contribution in [3.63, 3.8) is 0 Å². The molecule has 17 heavy (non-hydrogen) atoms. The third-order valence-electron chi connectivity index (χ3n) is 1.71. The summed E-state index contributed by atoms with van der Waals surface area (Å²) < 4.78 is 4.94. The van der Waals surface area contributed by atoms with Gasteiger partial charge in [-0.1, -0.05) is 0 Å². The van der Waals surface area contributed by atoms with Crippen LogP contribution in [0.5, 0.6) is 0 Å². The van der Waals surface area contributed by atoms with Gasteiger partial charge in [0.1, 0.15) is 5.60 Å². The Morgan fingerprint density at radius 2 is 1.82 bits per heavy atom. The minimum absolute atomic E-state index is 0.536. The molecule has 0 aliphatic heterocycles. The maximum atomic E-state index is 11.5. The number of carboxylic acid groups (broad SMARTS) is 1. The standard InChI is InChI=1S/C10H18N2O5/c1-10(2,3)17-9(16)12(4)8(15)6(11)5-7(13)14/h6H,5,11H2,1-4H3,(H,13,14)/t6-/m0/s1. The fourth-order valence-electron chi connectivity index (χ4n) is 0.945. The fourth-order valence-corrected chi connectivity index (χ4v) is 0.945. The molecular weight excluding hydrogens is 228 g/mol. The number of likely N-dealkylation sites (N-methyl/N-ethyl adjacent to an activating group) is 1. The zero-order valence-electron chi connectivity index (χ0n) is 10.4. The summed E-state index contributed by atoms with van der Waals surface area (Å²) in [5.74, 6) is -2.00. The number of hydrogen-bond donors (Lipinski definition) is 2. The molecule has 1 atom stereocenters. The van der Waals surface area contributed by atoms with Crippen molar-refractivity contribution in [3.05, 3.63) is 0 Å². The van der Waals surface area contributed by atoms with E-state index in [2.05, 4.69) is 0 Å². The number of nitrogens with zero attached hydrogens (tertiary/aromatic N) is 1. The van der Waals surface area contributed by atoms with Crippen LogP contribution in [0.4, 0.5) is 4.79 Å². The van der Waals surface area contributed by atoms with E-state index in [1.807, 2.05) is 0 Å². The first-order chi connectivity index (χ1) is 7.54. The predicted octanol–water partition coefficient (Wildman–Crippen LogP) is 0.182. The van der Waals surface area contributed by atoms with Gasteiger partial charge in [-0.05, 0) is 20.8 Å². The van der Waals surface area contributed by atoms with Gasteiger partial charge in [-0.25, -0.2) is 9.69 Å². The van der Waals surface area contributed by atoms with Crippen LogP contribution >= 0.6 is 0 Å². The second kappa shape index (κ2) is 5.62. The highest BCUT2D eigenvalue weighted by atomic mass is 16.6. The average molecular weight is 246 g/mol. The largest absolute Gasteiger partial charge is 0.481 e. The summed E-state index contributed by atoms with van der Waals surface area (Å²) in [6.45, 7) is 4.96. The summed E-state index contributed by atoms with van der Waals surface area (Å²) in [6.07, 6.45) is -1.39. The molecule has 3 N–H and O–H groups in total. The van der Waals surface area contributed by atoms with Gasteiger partial charge in [0.25, 0.3) is 0 Å². The van der Waals surface area contributed by atoms with Gasteiger partial charge in [0, 0.05) is 7.05 Å². The Kier molecular flexibility index (Phi) is 5.09. The van der Waals surface area contributed by atoms with Crippen LogP contribution in [0.2, 0.25) is 0 Å². The summed E-state index contributed by atoms with van der Waals surface area (Å²) in [7, 11) is 1.19. The molecule has 0 aliphatic carbocycles. The molecule has 0 aliphatic rings. The number of rotatable bonds is 3. The minimum Gasteiger partial charge on any atom is -0.481 e. The smallest absolute Gasteiger partial charge is 0.416 e. The Labute approximate surface area is 99.5 Å². The van der Waals surface area contributed by atoms with Crippen molar-refractivity contribution in [1.82, 2.24) is 4.90 Å². The average Bonchev–Trinajstić information content (AvgIpc) is 2.11. The number of carbonyl (C=O) groups excluding carboxylic acids is 2. The number of carboxylic acids is 1. The topological polar surface area (TPSA) is 110 Å². The Bertz CT molecular complexity index is 321. The quantitative estimate of drug-likeness (QED) is 0.735. The minimum atomic E-state index is -1.26. The van der Waals surface area contributed by atoms with Crippen LogP contribution < -0.4 is 5.73 Å². The Morgan fingerprint density at radius 1 is 1.35 bits per heavy atom. The number of nitrogens with two attached hydrogens (primary N) is 1. The molecule has 7 heteroatoms. The first kappa shape index (κ1) is 15.4. The number of aliphatic carboxylic acids is 1. The van der Waals surface area contributed by atoms with E-state index in [-0.39, 0.29) is 0 Å². The molecule has 0 spiro atoms. The molecule has 2 amide bonds. The maximum absolute atomic E-state index is 11.5. The summed E-state index contributed by atoms with van der Waals surface area (Å²) in [5.41, 5.74) is 4.61. The van der Waals surface area contributed by atoms with Crippen molar-refractivity contribution < 1.29 is 24.2 Å². The van der Waals surface area contributed by atoms with Crippen molar-refractivity contribution in [1.29, 1.82) is 0 Å². The summed E-state index contributed by atoms with van der Waals surface area (Å²) >= 11 is 0. The highest BCUT2D eigenvalue weighted by Crippen LogP contribution is 2.09. The summed E-state index contributed by atoms with van der Waals surface area (Å²) in [6, 6.07) is -1.26. The van der Waals surface area contributed by atoms with Crippen LogP contribution in [0.25, 0.3) is 0 Å². The molecule has 0 rings (SSSR count). The van der Waals surface area contributed by atoms with E-state index in [0.29, 0.717) is 4.90 Å². The molecule has 7 nitrogen and oxygen atoms in total. The highest BCUT2D eigenvalue weighted by Gasteiger charge is 2.28. The molecule has 0 heterocycles. The molecule has 0 aromatic heterocycles. The summed E-state index contributed by atoms with van der Waals surface area (Å²) in [5, 5.41) is 8.47. The van der Waals surface area contributed by atoms with Gasteiger partial charge in [0.15, 0.2) is 0 Å². The van der Waals surface area contributed by atoms with E-state index in [4.69, 9.17) is 15.6 Å². The number of carbonyl (C=O) groups is 3. The van der Waals surface area contributed by atoms with Gasteiger partial charge in [0.05, 0.1) is 12.5 Å². The van der Waals surface area contributed by atoms with Crippen molar-refractivity contribution in [3.8, 4) is 0 Å². The second-order valence-corrected chi connectivity index (χ2v) is 4.58. The van der Waals surface area contributed by atoms with Gasteiger partial charge in [-0.3, -0.25) is 9.59 Å². The molecule has 98 valence electrons. The molecule has 0 aromatic rings. The lowest BCUT2D eigenvalue weighted by Crippen LogP contribution is -2.47. The van der Waals surface area contributed by atoms with Crippen molar-refractivity contribution >= 4 is 18.0 Å². The first-order valence-corrected chi connectivity index (χ1v) is 5.02. The molecule has 0 unspecified atom stereocenters. The van der Waals surface area contributed by atoms with E-state index < -0.39 is 36.0 Å². The molecule has 0 radical (unpaired) electrons. The van der Waals surface area contributed by atoms with Gasteiger partial charge in [-0.15, -0.1) is 0 Å². The molecular formula is C10H18N2O5.